The first-order valence-corrected chi connectivity index (χ1v) is 5.29. The minimum atomic E-state index is -0.412. The highest BCUT2D eigenvalue weighted by Gasteiger charge is 2.07. The number of hydrogen-bond donors (Lipinski definition) is 1. The van der Waals surface area contributed by atoms with Gasteiger partial charge >= 0.3 is 5.97 Å². The number of ether oxygens (including phenoxy) is 1. The molecule has 1 aromatic rings. The van der Waals surface area contributed by atoms with Crippen LogP contribution in [0.4, 0.5) is 0 Å². The molecule has 17 heavy (non-hydrogen) atoms. The summed E-state index contributed by atoms with van der Waals surface area (Å²) in [6, 6.07) is 9.23. The molecule has 0 aliphatic heterocycles. The summed E-state index contributed by atoms with van der Waals surface area (Å²) in [6.45, 7) is 3.58. The molecule has 0 aliphatic carbocycles. The number of carbonyl (C=O) groups is 2. The van der Waals surface area contributed by atoms with Crippen LogP contribution >= 0.6 is 0 Å². The van der Waals surface area contributed by atoms with Crippen molar-refractivity contribution in [1.29, 1.82) is 0 Å². The van der Waals surface area contributed by atoms with Gasteiger partial charge in [0.05, 0.1) is 6.42 Å². The van der Waals surface area contributed by atoms with Gasteiger partial charge in [0.25, 0.3) is 5.91 Å². The zero-order valence-corrected chi connectivity index (χ0v) is 9.52. The van der Waals surface area contributed by atoms with Crippen molar-refractivity contribution < 1.29 is 14.3 Å². The van der Waals surface area contributed by atoms with Crippen LogP contribution in [0.5, 0.6) is 0 Å². The van der Waals surface area contributed by atoms with E-state index in [2.05, 4.69) is 11.9 Å². The summed E-state index contributed by atoms with van der Waals surface area (Å²) in [7, 11) is 0. The van der Waals surface area contributed by atoms with Crippen molar-refractivity contribution >= 4 is 11.9 Å². The van der Waals surface area contributed by atoms with Gasteiger partial charge in [-0.15, -0.1) is 6.58 Å². The van der Waals surface area contributed by atoms with E-state index in [1.807, 2.05) is 30.3 Å². The molecule has 0 aromatic heterocycles. The van der Waals surface area contributed by atoms with Gasteiger partial charge in [-0.2, -0.15) is 0 Å². The van der Waals surface area contributed by atoms with Crippen LogP contribution in [0.3, 0.4) is 0 Å². The van der Waals surface area contributed by atoms with Gasteiger partial charge in [-0.3, -0.25) is 9.59 Å². The summed E-state index contributed by atoms with van der Waals surface area (Å²) in [4.78, 5) is 22.5. The normalized spacial score (nSPS) is 9.41. The molecular weight excluding hydrogens is 218 g/mol. The summed E-state index contributed by atoms with van der Waals surface area (Å²) in [5, 5.41) is 2.52. The molecule has 1 amide bonds. The lowest BCUT2D eigenvalue weighted by Crippen LogP contribution is -2.29. The molecule has 1 rings (SSSR count). The predicted octanol–water partition coefficient (Wildman–Crippen LogP) is 1.07. The van der Waals surface area contributed by atoms with E-state index in [-0.39, 0.29) is 18.9 Å². The minimum absolute atomic E-state index is 0.176. The molecular formula is C13H15NO3. The van der Waals surface area contributed by atoms with E-state index in [1.165, 1.54) is 0 Å². The largest absolute Gasteiger partial charge is 0.455 e. The Balaban J connectivity index is 2.26. The molecule has 0 spiro atoms. The van der Waals surface area contributed by atoms with Crippen molar-refractivity contribution in [3.63, 3.8) is 0 Å². The number of nitrogens with one attached hydrogen (secondary N) is 1. The topological polar surface area (TPSA) is 55.4 Å². The number of rotatable bonds is 6. The van der Waals surface area contributed by atoms with Gasteiger partial charge in [-0.05, 0) is 5.56 Å². The van der Waals surface area contributed by atoms with E-state index < -0.39 is 5.97 Å². The second-order valence-electron chi connectivity index (χ2n) is 3.42. The van der Waals surface area contributed by atoms with Crippen LogP contribution in [0, 0.1) is 0 Å². The van der Waals surface area contributed by atoms with Crippen molar-refractivity contribution in [2.45, 2.75) is 6.42 Å². The second kappa shape index (κ2) is 7.22. The molecule has 0 heterocycles. The van der Waals surface area contributed by atoms with Gasteiger partial charge in [-0.1, -0.05) is 36.4 Å². The Morgan fingerprint density at radius 2 is 2.00 bits per heavy atom. The van der Waals surface area contributed by atoms with E-state index >= 15 is 0 Å². The van der Waals surface area contributed by atoms with Crippen LogP contribution < -0.4 is 5.32 Å². The summed E-state index contributed by atoms with van der Waals surface area (Å²) < 4.78 is 4.82. The van der Waals surface area contributed by atoms with Crippen LogP contribution in [0.15, 0.2) is 43.0 Å². The fraction of sp³-hybridized carbons (Fsp3) is 0.231. The molecule has 0 aliphatic rings. The Hall–Kier alpha value is -2.10. The monoisotopic (exact) mass is 233 g/mol. The average Bonchev–Trinajstić information content (AvgIpc) is 2.35. The smallest absolute Gasteiger partial charge is 0.310 e. The molecule has 0 atom stereocenters. The molecule has 0 saturated carbocycles. The molecule has 1 N–H and O–H groups in total. The molecule has 90 valence electrons. The fourth-order valence-corrected chi connectivity index (χ4v) is 1.20. The Morgan fingerprint density at radius 1 is 1.29 bits per heavy atom. The lowest BCUT2D eigenvalue weighted by molar-refractivity contribution is -0.147. The Labute approximate surface area is 100 Å². The predicted molar refractivity (Wildman–Crippen MR) is 64.3 cm³/mol. The van der Waals surface area contributed by atoms with Crippen LogP contribution in [0.1, 0.15) is 5.56 Å². The Morgan fingerprint density at radius 3 is 2.65 bits per heavy atom. The first-order chi connectivity index (χ1) is 8.22. The Kier molecular flexibility index (Phi) is 5.51. The highest BCUT2D eigenvalue weighted by Crippen LogP contribution is 2.00. The summed E-state index contributed by atoms with van der Waals surface area (Å²) >= 11 is 0. The van der Waals surface area contributed by atoms with Gasteiger partial charge < -0.3 is 10.1 Å². The van der Waals surface area contributed by atoms with Crippen molar-refractivity contribution in [2.75, 3.05) is 13.2 Å². The zero-order valence-electron chi connectivity index (χ0n) is 9.52. The van der Waals surface area contributed by atoms with E-state index in [0.29, 0.717) is 6.54 Å². The third-order valence-corrected chi connectivity index (χ3v) is 2.00. The number of benzene rings is 1. The molecule has 4 heteroatoms. The standard InChI is InChI=1S/C13H15NO3/c1-2-8-14-12(15)10-17-13(16)9-11-6-4-3-5-7-11/h2-7H,1,8-10H2,(H,14,15). The lowest BCUT2D eigenvalue weighted by Gasteiger charge is -2.04. The SMILES string of the molecule is C=CCNC(=O)COC(=O)Cc1ccccc1. The molecule has 0 unspecified atom stereocenters. The average molecular weight is 233 g/mol. The highest BCUT2D eigenvalue weighted by atomic mass is 16.5. The lowest BCUT2D eigenvalue weighted by atomic mass is 10.2. The van der Waals surface area contributed by atoms with Gasteiger partial charge in [0.15, 0.2) is 6.61 Å². The first-order valence-electron chi connectivity index (χ1n) is 5.29. The molecule has 0 saturated heterocycles. The highest BCUT2D eigenvalue weighted by molar-refractivity contribution is 5.81. The Bertz CT molecular complexity index is 387. The zero-order chi connectivity index (χ0) is 12.5. The maximum Gasteiger partial charge on any atom is 0.310 e. The maximum absolute atomic E-state index is 11.4. The van der Waals surface area contributed by atoms with Crippen LogP contribution in [-0.4, -0.2) is 25.0 Å². The minimum Gasteiger partial charge on any atom is -0.455 e. The summed E-state index contributed by atoms with van der Waals surface area (Å²) in [6.07, 6.45) is 1.74. The maximum atomic E-state index is 11.4. The summed E-state index contributed by atoms with van der Waals surface area (Å²) in [5.74, 6) is -0.740. The number of amides is 1. The molecule has 4 nitrogen and oxygen atoms in total. The van der Waals surface area contributed by atoms with Crippen LogP contribution in [0.2, 0.25) is 0 Å². The van der Waals surface area contributed by atoms with E-state index in [1.54, 1.807) is 6.08 Å². The van der Waals surface area contributed by atoms with E-state index in [9.17, 15) is 9.59 Å². The van der Waals surface area contributed by atoms with Gasteiger partial charge in [0, 0.05) is 6.54 Å². The van der Waals surface area contributed by atoms with Gasteiger partial charge in [0.1, 0.15) is 0 Å². The van der Waals surface area contributed by atoms with E-state index in [4.69, 9.17) is 4.74 Å². The number of esters is 1. The molecule has 1 aromatic carbocycles. The first kappa shape index (κ1) is 13.0. The summed E-state index contributed by atoms with van der Waals surface area (Å²) in [5.41, 5.74) is 0.865. The fourth-order valence-electron chi connectivity index (χ4n) is 1.20. The third-order valence-electron chi connectivity index (χ3n) is 2.00. The molecule has 0 fully saturated rings. The van der Waals surface area contributed by atoms with E-state index in [0.717, 1.165) is 5.56 Å². The van der Waals surface area contributed by atoms with Crippen molar-refractivity contribution in [2.24, 2.45) is 0 Å². The van der Waals surface area contributed by atoms with Crippen molar-refractivity contribution in [3.05, 3.63) is 48.6 Å². The number of hydrogen-bond acceptors (Lipinski definition) is 3. The number of carbonyl (C=O) groups excluding carboxylic acids is 2. The van der Waals surface area contributed by atoms with Crippen molar-refractivity contribution in [1.82, 2.24) is 5.32 Å². The molecule has 0 bridgehead atoms. The second-order valence-corrected chi connectivity index (χ2v) is 3.42. The van der Waals surface area contributed by atoms with Gasteiger partial charge in [-0.25, -0.2) is 0 Å². The quantitative estimate of drug-likeness (QED) is 0.590. The van der Waals surface area contributed by atoms with Crippen LogP contribution in [-0.2, 0) is 20.7 Å². The van der Waals surface area contributed by atoms with Crippen molar-refractivity contribution in [3.8, 4) is 0 Å². The van der Waals surface area contributed by atoms with Gasteiger partial charge in [0.2, 0.25) is 0 Å². The molecule has 0 radical (unpaired) electrons. The van der Waals surface area contributed by atoms with Crippen LogP contribution in [0.25, 0.3) is 0 Å². The third kappa shape index (κ3) is 5.51.